The molecule has 0 radical (unpaired) electrons. The number of nitrogen functional groups attached to an aromatic ring is 1. The van der Waals surface area contributed by atoms with Crippen LogP contribution >= 0.6 is 0 Å². The molecule has 0 aliphatic rings. The third-order valence-corrected chi connectivity index (χ3v) is 2.71. The number of anilines is 2. The summed E-state index contributed by atoms with van der Waals surface area (Å²) in [6.45, 7) is 0.110. The Bertz CT molecular complexity index is 567. The number of pyridine rings is 1. The first-order chi connectivity index (χ1) is 9.20. The number of aromatic nitrogens is 1. The van der Waals surface area contributed by atoms with Gasteiger partial charge in [-0.05, 0) is 30.2 Å². The summed E-state index contributed by atoms with van der Waals surface area (Å²) in [5.41, 5.74) is 8.13. The highest BCUT2D eigenvalue weighted by Gasteiger charge is 2.09. The lowest BCUT2D eigenvalue weighted by molar-refractivity contribution is 0.102. The predicted octanol–water partition coefficient (Wildman–Crippen LogP) is 1.45. The average Bonchev–Trinajstić information content (AvgIpc) is 2.42. The summed E-state index contributed by atoms with van der Waals surface area (Å²) in [6.07, 6.45) is 3.57. The van der Waals surface area contributed by atoms with Crippen molar-refractivity contribution in [1.29, 1.82) is 0 Å². The standard InChI is InChI=1S/C14H15N3O2/c15-13-9-16-7-5-12(13)14(19)17-11-3-1-10(2-4-11)6-8-18/h1-5,7,9,18H,6,8,15H2,(H,17,19). The molecule has 5 heteroatoms. The van der Waals surface area contributed by atoms with Crippen molar-refractivity contribution in [2.24, 2.45) is 0 Å². The van der Waals surface area contributed by atoms with E-state index >= 15 is 0 Å². The van der Waals surface area contributed by atoms with Crippen molar-refractivity contribution in [3.63, 3.8) is 0 Å². The highest BCUT2D eigenvalue weighted by Crippen LogP contribution is 2.14. The average molecular weight is 257 g/mol. The van der Waals surface area contributed by atoms with Crippen LogP contribution in [0.2, 0.25) is 0 Å². The van der Waals surface area contributed by atoms with E-state index in [1.807, 2.05) is 12.1 Å². The minimum Gasteiger partial charge on any atom is -0.397 e. The van der Waals surface area contributed by atoms with E-state index in [0.717, 1.165) is 5.56 Å². The third kappa shape index (κ3) is 3.29. The molecule has 19 heavy (non-hydrogen) atoms. The number of hydrogen-bond acceptors (Lipinski definition) is 4. The second kappa shape index (κ2) is 5.97. The highest BCUT2D eigenvalue weighted by molar-refractivity contribution is 6.07. The molecule has 1 amide bonds. The fourth-order valence-corrected chi connectivity index (χ4v) is 1.70. The Morgan fingerprint density at radius 1 is 1.26 bits per heavy atom. The number of nitrogens with two attached hydrogens (primary N) is 1. The molecule has 0 atom stereocenters. The second-order valence-corrected chi connectivity index (χ2v) is 4.09. The van der Waals surface area contributed by atoms with Crippen LogP contribution in [0.3, 0.4) is 0 Å². The van der Waals surface area contributed by atoms with E-state index < -0.39 is 0 Å². The lowest BCUT2D eigenvalue weighted by atomic mass is 10.1. The van der Waals surface area contributed by atoms with E-state index in [9.17, 15) is 4.79 Å². The summed E-state index contributed by atoms with van der Waals surface area (Å²) >= 11 is 0. The Balaban J connectivity index is 2.09. The number of carbonyl (C=O) groups is 1. The Kier molecular flexibility index (Phi) is 4.10. The molecule has 0 spiro atoms. The fraction of sp³-hybridized carbons (Fsp3) is 0.143. The van der Waals surface area contributed by atoms with Crippen LogP contribution in [0.25, 0.3) is 0 Å². The first-order valence-corrected chi connectivity index (χ1v) is 5.91. The second-order valence-electron chi connectivity index (χ2n) is 4.09. The molecule has 0 unspecified atom stereocenters. The summed E-state index contributed by atoms with van der Waals surface area (Å²) in [5.74, 6) is -0.269. The zero-order valence-corrected chi connectivity index (χ0v) is 10.3. The van der Waals surface area contributed by atoms with Crippen LogP contribution in [0.15, 0.2) is 42.7 Å². The molecule has 98 valence electrons. The number of carbonyl (C=O) groups excluding carboxylic acids is 1. The smallest absolute Gasteiger partial charge is 0.257 e. The fourth-order valence-electron chi connectivity index (χ4n) is 1.70. The quantitative estimate of drug-likeness (QED) is 0.773. The van der Waals surface area contributed by atoms with Gasteiger partial charge in [-0.25, -0.2) is 0 Å². The molecular weight excluding hydrogens is 242 g/mol. The van der Waals surface area contributed by atoms with Gasteiger partial charge in [0, 0.05) is 18.5 Å². The van der Waals surface area contributed by atoms with Crippen molar-refractivity contribution in [2.45, 2.75) is 6.42 Å². The summed E-state index contributed by atoms with van der Waals surface area (Å²) in [6, 6.07) is 8.88. The van der Waals surface area contributed by atoms with Gasteiger partial charge in [0.2, 0.25) is 0 Å². The van der Waals surface area contributed by atoms with Gasteiger partial charge < -0.3 is 16.2 Å². The molecule has 0 fully saturated rings. The van der Waals surface area contributed by atoms with E-state index in [4.69, 9.17) is 10.8 Å². The molecule has 0 aliphatic heterocycles. The number of aliphatic hydroxyl groups excluding tert-OH is 1. The van der Waals surface area contributed by atoms with Crippen molar-refractivity contribution in [3.8, 4) is 0 Å². The summed E-state index contributed by atoms with van der Waals surface area (Å²) in [4.78, 5) is 15.8. The van der Waals surface area contributed by atoms with Crippen LogP contribution in [-0.4, -0.2) is 22.6 Å². The minimum atomic E-state index is -0.269. The van der Waals surface area contributed by atoms with Gasteiger partial charge in [0.15, 0.2) is 0 Å². The summed E-state index contributed by atoms with van der Waals surface area (Å²) in [7, 11) is 0. The first kappa shape index (κ1) is 13.0. The number of rotatable bonds is 4. The maximum absolute atomic E-state index is 12.0. The van der Waals surface area contributed by atoms with Crippen LogP contribution < -0.4 is 11.1 Å². The number of hydrogen-bond donors (Lipinski definition) is 3. The van der Waals surface area contributed by atoms with Crippen molar-refractivity contribution >= 4 is 17.3 Å². The molecule has 1 heterocycles. The number of nitrogens with zero attached hydrogens (tertiary/aromatic N) is 1. The molecule has 2 rings (SSSR count). The topological polar surface area (TPSA) is 88.2 Å². The zero-order valence-electron chi connectivity index (χ0n) is 10.3. The van der Waals surface area contributed by atoms with E-state index in [-0.39, 0.29) is 12.5 Å². The SMILES string of the molecule is Nc1cnccc1C(=O)Nc1ccc(CCO)cc1. The normalized spacial score (nSPS) is 10.2. The minimum absolute atomic E-state index is 0.110. The molecule has 2 aromatic rings. The highest BCUT2D eigenvalue weighted by atomic mass is 16.2. The lowest BCUT2D eigenvalue weighted by Gasteiger charge is -2.07. The van der Waals surface area contributed by atoms with Gasteiger partial charge in [-0.1, -0.05) is 12.1 Å². The van der Waals surface area contributed by atoms with Crippen molar-refractivity contribution in [1.82, 2.24) is 4.98 Å². The Labute approximate surface area is 111 Å². The van der Waals surface area contributed by atoms with Crippen LogP contribution in [0.1, 0.15) is 15.9 Å². The van der Waals surface area contributed by atoms with E-state index in [2.05, 4.69) is 10.3 Å². The van der Waals surface area contributed by atoms with Crippen LogP contribution in [0.5, 0.6) is 0 Å². The lowest BCUT2D eigenvalue weighted by Crippen LogP contribution is -2.14. The molecule has 0 bridgehead atoms. The number of nitrogens with one attached hydrogen (secondary N) is 1. The van der Waals surface area contributed by atoms with Gasteiger partial charge in [-0.2, -0.15) is 0 Å². The monoisotopic (exact) mass is 257 g/mol. The van der Waals surface area contributed by atoms with Crippen molar-refractivity contribution < 1.29 is 9.90 Å². The Morgan fingerprint density at radius 2 is 2.00 bits per heavy atom. The van der Waals surface area contributed by atoms with E-state index in [0.29, 0.717) is 23.4 Å². The van der Waals surface area contributed by atoms with Gasteiger partial charge in [-0.15, -0.1) is 0 Å². The molecule has 5 nitrogen and oxygen atoms in total. The van der Waals surface area contributed by atoms with Gasteiger partial charge in [0.05, 0.1) is 17.4 Å². The maximum Gasteiger partial charge on any atom is 0.257 e. The Morgan fingerprint density at radius 3 is 2.63 bits per heavy atom. The number of benzene rings is 1. The Hall–Kier alpha value is -2.40. The first-order valence-electron chi connectivity index (χ1n) is 5.91. The van der Waals surface area contributed by atoms with Crippen molar-refractivity contribution in [3.05, 3.63) is 53.9 Å². The molecule has 1 aromatic heterocycles. The molecule has 4 N–H and O–H groups in total. The third-order valence-electron chi connectivity index (χ3n) is 2.71. The van der Waals surface area contributed by atoms with Crippen molar-refractivity contribution in [2.75, 3.05) is 17.7 Å². The largest absolute Gasteiger partial charge is 0.397 e. The number of aliphatic hydroxyl groups is 1. The number of amides is 1. The van der Waals surface area contributed by atoms with Crippen LogP contribution in [-0.2, 0) is 6.42 Å². The van der Waals surface area contributed by atoms with Gasteiger partial charge in [0.25, 0.3) is 5.91 Å². The maximum atomic E-state index is 12.0. The summed E-state index contributed by atoms with van der Waals surface area (Å²) < 4.78 is 0. The van der Waals surface area contributed by atoms with Gasteiger partial charge in [-0.3, -0.25) is 9.78 Å². The van der Waals surface area contributed by atoms with E-state index in [1.54, 1.807) is 18.2 Å². The van der Waals surface area contributed by atoms with E-state index in [1.165, 1.54) is 12.4 Å². The van der Waals surface area contributed by atoms with Gasteiger partial charge >= 0.3 is 0 Å². The molecule has 0 saturated carbocycles. The zero-order chi connectivity index (χ0) is 13.7. The summed E-state index contributed by atoms with van der Waals surface area (Å²) in [5, 5.41) is 11.6. The van der Waals surface area contributed by atoms with Gasteiger partial charge in [0.1, 0.15) is 0 Å². The van der Waals surface area contributed by atoms with Crippen LogP contribution in [0.4, 0.5) is 11.4 Å². The molecule has 1 aromatic carbocycles. The predicted molar refractivity (Wildman–Crippen MR) is 73.8 cm³/mol. The molecule has 0 aliphatic carbocycles. The molecule has 0 saturated heterocycles. The molecular formula is C14H15N3O2. The van der Waals surface area contributed by atoms with Crippen LogP contribution in [0, 0.1) is 0 Å².